The highest BCUT2D eigenvalue weighted by Gasteiger charge is 2.29. The zero-order valence-electron chi connectivity index (χ0n) is 20.8. The van der Waals surface area contributed by atoms with Crippen molar-refractivity contribution in [3.63, 3.8) is 0 Å². The maximum absolute atomic E-state index is 12.8. The molecule has 0 saturated carbocycles. The predicted octanol–water partition coefficient (Wildman–Crippen LogP) is 4.77. The van der Waals surface area contributed by atoms with Crippen LogP contribution in [0, 0.1) is 17.2 Å². The van der Waals surface area contributed by atoms with Gasteiger partial charge in [-0.15, -0.1) is 11.3 Å². The molecule has 9 heteroatoms. The normalized spacial score (nSPS) is 18.4. The highest BCUT2D eigenvalue weighted by atomic mass is 32.1. The number of fused-ring (bicyclic) bond motifs is 1. The fourth-order valence-corrected chi connectivity index (χ4v) is 6.03. The maximum atomic E-state index is 12.8. The molecule has 2 heterocycles. The minimum Gasteiger partial charge on any atom is -0.497 e. The number of nitrogens with zero attached hydrogens (tertiary/aromatic N) is 1. The third-order valence-electron chi connectivity index (χ3n) is 6.89. The number of hydrogen-bond donors (Lipinski definition) is 2. The molecule has 2 aromatic rings. The number of thiophene rings is 1. The second-order valence-corrected chi connectivity index (χ2v) is 10.6. The molecule has 0 spiro atoms. The molecule has 1 aromatic carbocycles. The van der Waals surface area contributed by atoms with Gasteiger partial charge in [-0.05, 0) is 60.8 Å². The molecule has 0 bridgehead atoms. The van der Waals surface area contributed by atoms with Gasteiger partial charge in [0.05, 0.1) is 12.7 Å². The third-order valence-corrected chi connectivity index (χ3v) is 8.06. The molecule has 2 N–H and O–H groups in total. The number of nitrogens with one attached hydrogen (secondary N) is 2. The Kier molecular flexibility index (Phi) is 8.83. The van der Waals surface area contributed by atoms with E-state index >= 15 is 0 Å². The van der Waals surface area contributed by atoms with E-state index in [9.17, 15) is 14.9 Å². The van der Waals surface area contributed by atoms with Gasteiger partial charge in [0, 0.05) is 37.5 Å². The van der Waals surface area contributed by atoms with Gasteiger partial charge in [-0.25, -0.2) is 4.79 Å². The molecule has 1 aliphatic heterocycles. The Morgan fingerprint density at radius 2 is 2.08 bits per heavy atom. The molecule has 36 heavy (non-hydrogen) atoms. The minimum atomic E-state index is -0.396. The molecule has 2 unspecified atom stereocenters. The van der Waals surface area contributed by atoms with Crippen molar-refractivity contribution in [1.82, 2.24) is 5.32 Å². The number of ether oxygens (including phenoxy) is 3. The molecule has 0 radical (unpaired) electrons. The van der Waals surface area contributed by atoms with Crippen LogP contribution >= 0.6 is 11.3 Å². The van der Waals surface area contributed by atoms with E-state index in [0.717, 1.165) is 47.8 Å². The monoisotopic (exact) mass is 511 g/mol. The smallest absolute Gasteiger partial charge is 0.407 e. The van der Waals surface area contributed by atoms with E-state index in [-0.39, 0.29) is 17.9 Å². The van der Waals surface area contributed by atoms with Gasteiger partial charge in [-0.1, -0.05) is 19.1 Å². The number of nitriles is 1. The van der Waals surface area contributed by atoms with Crippen LogP contribution in [0.25, 0.3) is 0 Å². The van der Waals surface area contributed by atoms with Crippen LogP contribution in [0.2, 0.25) is 0 Å². The maximum Gasteiger partial charge on any atom is 0.407 e. The third kappa shape index (κ3) is 6.56. The lowest BCUT2D eigenvalue weighted by atomic mass is 9.93. The summed E-state index contributed by atoms with van der Waals surface area (Å²) in [5.41, 5.74) is 2.51. The fourth-order valence-electron chi connectivity index (χ4n) is 4.76. The average Bonchev–Trinajstić information content (AvgIpc) is 3.23. The number of amides is 2. The first-order valence-electron chi connectivity index (χ1n) is 12.5. The van der Waals surface area contributed by atoms with Crippen molar-refractivity contribution in [1.29, 1.82) is 5.26 Å². The van der Waals surface area contributed by atoms with Gasteiger partial charge in [-0.3, -0.25) is 4.79 Å². The molecular formula is C27H33N3O5S. The van der Waals surface area contributed by atoms with Crippen molar-refractivity contribution in [2.75, 3.05) is 32.2 Å². The Labute approximate surface area is 215 Å². The molecule has 4 rings (SSSR count). The minimum absolute atomic E-state index is 0.00217. The summed E-state index contributed by atoms with van der Waals surface area (Å²) in [5.74, 6) is 1.04. The van der Waals surface area contributed by atoms with Crippen molar-refractivity contribution in [2.45, 2.75) is 57.5 Å². The summed E-state index contributed by atoms with van der Waals surface area (Å²) < 4.78 is 16.3. The first-order valence-corrected chi connectivity index (χ1v) is 13.3. The Hall–Kier alpha value is -3.09. The molecule has 2 aliphatic rings. The number of benzene rings is 1. The zero-order valence-corrected chi connectivity index (χ0v) is 21.6. The lowest BCUT2D eigenvalue weighted by Crippen LogP contribution is -2.36. The van der Waals surface area contributed by atoms with Gasteiger partial charge < -0.3 is 24.8 Å². The fraction of sp³-hybridized carbons (Fsp3) is 0.519. The van der Waals surface area contributed by atoms with Crippen LogP contribution in [0.3, 0.4) is 0 Å². The Morgan fingerprint density at radius 3 is 2.83 bits per heavy atom. The van der Waals surface area contributed by atoms with E-state index < -0.39 is 6.09 Å². The van der Waals surface area contributed by atoms with E-state index in [0.29, 0.717) is 48.7 Å². The van der Waals surface area contributed by atoms with Crippen molar-refractivity contribution in [3.05, 3.63) is 45.8 Å². The lowest BCUT2D eigenvalue weighted by Gasteiger charge is -2.24. The summed E-state index contributed by atoms with van der Waals surface area (Å²) in [4.78, 5) is 26.1. The summed E-state index contributed by atoms with van der Waals surface area (Å²) in [5, 5.41) is 16.2. The summed E-state index contributed by atoms with van der Waals surface area (Å²) in [6, 6.07) is 9.96. The van der Waals surface area contributed by atoms with Crippen LogP contribution in [0.1, 0.15) is 60.1 Å². The molecule has 1 aromatic heterocycles. The van der Waals surface area contributed by atoms with E-state index in [1.807, 2.05) is 31.2 Å². The topological polar surface area (TPSA) is 110 Å². The second kappa shape index (κ2) is 12.2. The van der Waals surface area contributed by atoms with Crippen LogP contribution in [-0.4, -0.2) is 45.0 Å². The number of hydrogen-bond acceptors (Lipinski definition) is 7. The van der Waals surface area contributed by atoms with Gasteiger partial charge >= 0.3 is 6.09 Å². The molecule has 1 aliphatic carbocycles. The van der Waals surface area contributed by atoms with Crippen LogP contribution in [0.15, 0.2) is 24.3 Å². The van der Waals surface area contributed by atoms with Gasteiger partial charge in [-0.2, -0.15) is 5.26 Å². The lowest BCUT2D eigenvalue weighted by molar-refractivity contribution is -0.116. The molecule has 1 saturated heterocycles. The first-order chi connectivity index (χ1) is 17.5. The van der Waals surface area contributed by atoms with E-state index in [4.69, 9.17) is 14.2 Å². The van der Waals surface area contributed by atoms with Crippen LogP contribution in [0.5, 0.6) is 5.75 Å². The quantitative estimate of drug-likeness (QED) is 0.528. The number of anilines is 1. The molecule has 8 nitrogen and oxygen atoms in total. The summed E-state index contributed by atoms with van der Waals surface area (Å²) in [7, 11) is 1.62. The SMILES string of the molecule is COc1cccc(C(C)CC(=O)Nc2sc3c(c2C#N)CCC(OC(=O)NCC2CCOCC2)C3)c1. The van der Waals surface area contributed by atoms with Crippen molar-refractivity contribution in [2.24, 2.45) is 5.92 Å². The zero-order chi connectivity index (χ0) is 25.5. The van der Waals surface area contributed by atoms with E-state index in [2.05, 4.69) is 16.7 Å². The number of carbonyl (C=O) groups excluding carboxylic acids is 2. The highest BCUT2D eigenvalue weighted by Crippen LogP contribution is 2.38. The van der Waals surface area contributed by atoms with Crippen LogP contribution < -0.4 is 15.4 Å². The standard InChI is InChI=1S/C27H33N3O5S/c1-17(19-4-3-5-20(13-19)33-2)12-25(31)30-26-23(15-28)22-7-6-21(14-24(22)36-26)35-27(32)29-16-18-8-10-34-11-9-18/h3-5,13,17-18,21H,6-12,14,16H2,1-2H3,(H,29,32)(H,30,31). The molecule has 2 amide bonds. The second-order valence-electron chi connectivity index (χ2n) is 9.46. The summed E-state index contributed by atoms with van der Waals surface area (Å²) in [6.45, 7) is 4.08. The molecule has 192 valence electrons. The number of alkyl carbamates (subject to hydrolysis) is 1. The largest absolute Gasteiger partial charge is 0.497 e. The molecule has 1 fully saturated rings. The Balaban J connectivity index is 1.32. The number of methoxy groups -OCH3 is 1. The van der Waals surface area contributed by atoms with Crippen LogP contribution in [-0.2, 0) is 27.1 Å². The first kappa shape index (κ1) is 26.0. The van der Waals surface area contributed by atoms with Crippen LogP contribution in [0.4, 0.5) is 9.80 Å². The Bertz CT molecular complexity index is 1120. The highest BCUT2D eigenvalue weighted by molar-refractivity contribution is 7.16. The van der Waals surface area contributed by atoms with Crippen molar-refractivity contribution in [3.8, 4) is 11.8 Å². The summed E-state index contributed by atoms with van der Waals surface area (Å²) in [6.07, 6.45) is 3.40. The van der Waals surface area contributed by atoms with Crippen molar-refractivity contribution < 1.29 is 23.8 Å². The van der Waals surface area contributed by atoms with E-state index in [1.165, 1.54) is 11.3 Å². The Morgan fingerprint density at radius 1 is 1.28 bits per heavy atom. The molecule has 2 atom stereocenters. The number of carbonyl (C=O) groups is 2. The predicted molar refractivity (Wildman–Crippen MR) is 138 cm³/mol. The molecular weight excluding hydrogens is 478 g/mol. The number of rotatable bonds is 8. The van der Waals surface area contributed by atoms with Crippen molar-refractivity contribution >= 4 is 28.3 Å². The van der Waals surface area contributed by atoms with Gasteiger partial charge in [0.1, 0.15) is 22.9 Å². The van der Waals surface area contributed by atoms with E-state index in [1.54, 1.807) is 7.11 Å². The van der Waals surface area contributed by atoms with Gasteiger partial charge in [0.15, 0.2) is 0 Å². The van der Waals surface area contributed by atoms with Gasteiger partial charge in [0.25, 0.3) is 0 Å². The average molecular weight is 512 g/mol. The summed E-state index contributed by atoms with van der Waals surface area (Å²) >= 11 is 1.41. The van der Waals surface area contributed by atoms with Gasteiger partial charge in [0.2, 0.25) is 5.91 Å².